The molecule has 4 heterocycles. The molecule has 160 valence electrons. The molecule has 1 aliphatic rings. The number of morpholine rings is 1. The first kappa shape index (κ1) is 19.2. The number of pyridine rings is 2. The van der Waals surface area contributed by atoms with Crippen molar-refractivity contribution >= 4 is 48.5 Å². The number of para-hydroxylation sites is 1. The monoisotopic (exact) mass is 444 g/mol. The van der Waals surface area contributed by atoms with Crippen LogP contribution in [0.25, 0.3) is 32.7 Å². The summed E-state index contributed by atoms with van der Waals surface area (Å²) in [7, 11) is -3.83. The molecule has 0 bridgehead atoms. The minimum Gasteiger partial charge on any atom is -0.378 e. The summed E-state index contributed by atoms with van der Waals surface area (Å²) >= 11 is 0. The van der Waals surface area contributed by atoms with Crippen LogP contribution in [0.3, 0.4) is 0 Å². The molecule has 0 N–H and O–H groups in total. The second-order valence-electron chi connectivity index (χ2n) is 7.79. The Hall–Kier alpha value is -3.49. The second-order valence-corrected chi connectivity index (χ2v) is 9.60. The fourth-order valence-corrected chi connectivity index (χ4v) is 5.75. The van der Waals surface area contributed by atoms with Gasteiger partial charge in [0.25, 0.3) is 10.0 Å². The predicted molar refractivity (Wildman–Crippen MR) is 125 cm³/mol. The summed E-state index contributed by atoms with van der Waals surface area (Å²) in [6.45, 7) is 2.69. The van der Waals surface area contributed by atoms with E-state index in [1.165, 1.54) is 3.97 Å². The average Bonchev–Trinajstić information content (AvgIpc) is 3.30. The highest BCUT2D eigenvalue weighted by molar-refractivity contribution is 7.90. The molecule has 0 saturated carbocycles. The molecule has 0 spiro atoms. The summed E-state index contributed by atoms with van der Waals surface area (Å²) in [5.41, 5.74) is 2.16. The molecular weight excluding hydrogens is 424 g/mol. The molecule has 1 aliphatic heterocycles. The molecule has 6 rings (SSSR count). The number of aromatic nitrogens is 3. The highest BCUT2D eigenvalue weighted by Gasteiger charge is 2.25. The Balaban J connectivity index is 1.61. The Morgan fingerprint density at radius 3 is 2.59 bits per heavy atom. The van der Waals surface area contributed by atoms with E-state index in [0.717, 1.165) is 46.1 Å². The summed E-state index contributed by atoms with van der Waals surface area (Å²) in [5, 5.41) is 2.40. The van der Waals surface area contributed by atoms with Crippen LogP contribution in [-0.4, -0.2) is 48.7 Å². The number of hydrogen-bond donors (Lipinski definition) is 0. The number of nitrogens with zero attached hydrogens (tertiary/aromatic N) is 4. The minimum absolute atomic E-state index is 0.226. The van der Waals surface area contributed by atoms with Crippen LogP contribution in [0.4, 0.5) is 5.82 Å². The predicted octanol–water partition coefficient (Wildman–Crippen LogP) is 3.81. The van der Waals surface area contributed by atoms with Crippen molar-refractivity contribution in [2.45, 2.75) is 4.90 Å². The van der Waals surface area contributed by atoms with Gasteiger partial charge in [-0.25, -0.2) is 17.4 Å². The fourth-order valence-electron chi connectivity index (χ4n) is 4.35. The van der Waals surface area contributed by atoms with Crippen molar-refractivity contribution in [2.24, 2.45) is 0 Å². The minimum atomic E-state index is -3.83. The maximum atomic E-state index is 13.8. The van der Waals surface area contributed by atoms with Crippen molar-refractivity contribution in [3.63, 3.8) is 0 Å². The van der Waals surface area contributed by atoms with E-state index >= 15 is 0 Å². The molecule has 0 radical (unpaired) electrons. The lowest BCUT2D eigenvalue weighted by Crippen LogP contribution is -2.36. The third-order valence-electron chi connectivity index (χ3n) is 5.92. The standard InChI is InChI=1S/C24H20N4O3S/c29-32(30,18-7-8-21-17(16-18)4-3-10-25-21)28-11-9-20-23(28)19-5-1-2-6-22(19)26-24(20)27-12-14-31-15-13-27/h1-11,16H,12-15H2. The molecule has 0 aliphatic carbocycles. The van der Waals surface area contributed by atoms with Gasteiger partial charge in [-0.3, -0.25) is 4.98 Å². The van der Waals surface area contributed by atoms with Gasteiger partial charge < -0.3 is 9.64 Å². The van der Waals surface area contributed by atoms with Gasteiger partial charge in [0.05, 0.1) is 34.7 Å². The van der Waals surface area contributed by atoms with E-state index in [9.17, 15) is 8.42 Å². The van der Waals surface area contributed by atoms with Gasteiger partial charge in [0.2, 0.25) is 0 Å². The number of hydrogen-bond acceptors (Lipinski definition) is 6. The maximum Gasteiger partial charge on any atom is 0.268 e. The normalized spacial score (nSPS) is 15.1. The summed E-state index contributed by atoms with van der Waals surface area (Å²) in [5.74, 6) is 0.790. The van der Waals surface area contributed by atoms with Gasteiger partial charge in [-0.05, 0) is 36.4 Å². The van der Waals surface area contributed by atoms with Crippen LogP contribution < -0.4 is 4.90 Å². The molecule has 2 aromatic carbocycles. The summed E-state index contributed by atoms with van der Waals surface area (Å²) in [6, 6.07) is 18.2. The number of fused-ring (bicyclic) bond motifs is 4. The molecule has 32 heavy (non-hydrogen) atoms. The first-order chi connectivity index (χ1) is 15.6. The van der Waals surface area contributed by atoms with Crippen LogP contribution in [0, 0.1) is 0 Å². The topological polar surface area (TPSA) is 77.3 Å². The third kappa shape index (κ3) is 2.95. The maximum absolute atomic E-state index is 13.8. The second kappa shape index (κ2) is 7.29. The molecular formula is C24H20N4O3S. The smallest absolute Gasteiger partial charge is 0.268 e. The van der Waals surface area contributed by atoms with E-state index in [4.69, 9.17) is 9.72 Å². The summed E-state index contributed by atoms with van der Waals surface area (Å²) in [6.07, 6.45) is 3.33. The molecule has 8 heteroatoms. The molecule has 3 aromatic heterocycles. The SMILES string of the molecule is O=S(=O)(c1ccc2ncccc2c1)n1ccc2c(N3CCOCC3)nc3ccccc3c21. The quantitative estimate of drug-likeness (QED) is 0.421. The Kier molecular flexibility index (Phi) is 4.38. The van der Waals surface area contributed by atoms with Crippen LogP contribution in [0.2, 0.25) is 0 Å². The van der Waals surface area contributed by atoms with E-state index in [1.54, 1.807) is 36.7 Å². The van der Waals surface area contributed by atoms with Crippen molar-refractivity contribution in [2.75, 3.05) is 31.2 Å². The third-order valence-corrected chi connectivity index (χ3v) is 7.59. The Morgan fingerprint density at radius 1 is 0.875 bits per heavy atom. The van der Waals surface area contributed by atoms with Crippen LogP contribution >= 0.6 is 0 Å². The Morgan fingerprint density at radius 2 is 1.72 bits per heavy atom. The lowest BCUT2D eigenvalue weighted by molar-refractivity contribution is 0.122. The lowest BCUT2D eigenvalue weighted by Gasteiger charge is -2.28. The van der Waals surface area contributed by atoms with Crippen LogP contribution in [0.5, 0.6) is 0 Å². The van der Waals surface area contributed by atoms with Gasteiger partial charge >= 0.3 is 0 Å². The van der Waals surface area contributed by atoms with E-state index in [2.05, 4.69) is 9.88 Å². The van der Waals surface area contributed by atoms with Gasteiger partial charge in [0.15, 0.2) is 0 Å². The molecule has 0 atom stereocenters. The van der Waals surface area contributed by atoms with Crippen LogP contribution in [-0.2, 0) is 14.8 Å². The van der Waals surface area contributed by atoms with Crippen molar-refractivity contribution in [1.82, 2.24) is 13.9 Å². The Labute approximate surface area is 184 Å². The van der Waals surface area contributed by atoms with Crippen molar-refractivity contribution < 1.29 is 13.2 Å². The number of ether oxygens (including phenoxy) is 1. The molecule has 0 amide bonds. The largest absolute Gasteiger partial charge is 0.378 e. The van der Waals surface area contributed by atoms with Crippen molar-refractivity contribution in [1.29, 1.82) is 0 Å². The summed E-state index contributed by atoms with van der Waals surface area (Å²) < 4.78 is 34.4. The highest BCUT2D eigenvalue weighted by Crippen LogP contribution is 2.35. The molecule has 0 unspecified atom stereocenters. The Bertz CT molecular complexity index is 1590. The molecule has 7 nitrogen and oxygen atoms in total. The van der Waals surface area contributed by atoms with Crippen molar-refractivity contribution in [3.05, 3.63) is 73.1 Å². The zero-order valence-corrected chi connectivity index (χ0v) is 18.0. The highest BCUT2D eigenvalue weighted by atomic mass is 32.2. The molecule has 1 fully saturated rings. The van der Waals surface area contributed by atoms with E-state index < -0.39 is 10.0 Å². The zero-order valence-electron chi connectivity index (χ0n) is 17.2. The van der Waals surface area contributed by atoms with Gasteiger partial charge in [-0.2, -0.15) is 0 Å². The van der Waals surface area contributed by atoms with Gasteiger partial charge in [0, 0.05) is 41.6 Å². The van der Waals surface area contributed by atoms with Gasteiger partial charge in [0.1, 0.15) is 5.82 Å². The number of anilines is 1. The average molecular weight is 445 g/mol. The van der Waals surface area contributed by atoms with Crippen LogP contribution in [0.1, 0.15) is 0 Å². The van der Waals surface area contributed by atoms with Gasteiger partial charge in [-0.1, -0.05) is 24.3 Å². The first-order valence-corrected chi connectivity index (χ1v) is 11.9. The summed E-state index contributed by atoms with van der Waals surface area (Å²) in [4.78, 5) is 11.6. The van der Waals surface area contributed by atoms with E-state index in [0.29, 0.717) is 18.7 Å². The molecule has 5 aromatic rings. The van der Waals surface area contributed by atoms with Crippen LogP contribution in [0.15, 0.2) is 78.0 Å². The van der Waals surface area contributed by atoms with Crippen molar-refractivity contribution in [3.8, 4) is 0 Å². The zero-order chi connectivity index (χ0) is 21.7. The number of benzene rings is 2. The molecule has 1 saturated heterocycles. The lowest BCUT2D eigenvalue weighted by atomic mass is 10.1. The van der Waals surface area contributed by atoms with E-state index in [-0.39, 0.29) is 4.90 Å². The fraction of sp³-hybridized carbons (Fsp3) is 0.167. The van der Waals surface area contributed by atoms with E-state index in [1.807, 2.05) is 36.4 Å². The first-order valence-electron chi connectivity index (χ1n) is 10.5. The van der Waals surface area contributed by atoms with Gasteiger partial charge in [-0.15, -0.1) is 0 Å². The number of rotatable bonds is 3.